The summed E-state index contributed by atoms with van der Waals surface area (Å²) in [5.74, 6) is 0.0516. The van der Waals surface area contributed by atoms with Crippen LogP contribution in [0.1, 0.15) is 32.8 Å². The quantitative estimate of drug-likeness (QED) is 0.733. The minimum Gasteiger partial charge on any atom is -0.506 e. The van der Waals surface area contributed by atoms with Gasteiger partial charge in [-0.05, 0) is 45.4 Å². The highest BCUT2D eigenvalue weighted by Crippen LogP contribution is 2.24. The van der Waals surface area contributed by atoms with Crippen molar-refractivity contribution in [2.24, 2.45) is 0 Å². The molecule has 3 N–H and O–H groups in total. The largest absolute Gasteiger partial charge is 0.506 e. The number of nitrogens with zero attached hydrogens (tertiary/aromatic N) is 1. The lowest BCUT2D eigenvalue weighted by atomic mass is 10.1. The molecule has 0 radical (unpaired) electrons. The number of likely N-dealkylation sites (tertiary alicyclic amines) is 1. The summed E-state index contributed by atoms with van der Waals surface area (Å²) < 4.78 is 0. The molecule has 0 aliphatic carbocycles. The van der Waals surface area contributed by atoms with Crippen molar-refractivity contribution in [1.29, 1.82) is 0 Å². The van der Waals surface area contributed by atoms with Crippen molar-refractivity contribution < 1.29 is 14.7 Å². The molecule has 6 heteroatoms. The van der Waals surface area contributed by atoms with E-state index in [0.29, 0.717) is 18.7 Å². The number of carbonyl (C=O) groups is 2. The van der Waals surface area contributed by atoms with Gasteiger partial charge in [0.25, 0.3) is 0 Å². The van der Waals surface area contributed by atoms with E-state index >= 15 is 0 Å². The van der Waals surface area contributed by atoms with Crippen molar-refractivity contribution in [3.05, 3.63) is 23.8 Å². The fourth-order valence-corrected chi connectivity index (χ4v) is 2.55. The van der Waals surface area contributed by atoms with Gasteiger partial charge in [-0.2, -0.15) is 0 Å². The van der Waals surface area contributed by atoms with Crippen molar-refractivity contribution in [2.75, 3.05) is 11.9 Å². The molecule has 22 heavy (non-hydrogen) atoms. The number of amides is 3. The topological polar surface area (TPSA) is 81.7 Å². The van der Waals surface area contributed by atoms with Crippen LogP contribution in [0.4, 0.5) is 10.5 Å². The second-order valence-corrected chi connectivity index (χ2v) is 6.70. The lowest BCUT2D eigenvalue weighted by Crippen LogP contribution is -2.45. The molecule has 1 fully saturated rings. The molecule has 0 aromatic heterocycles. The predicted octanol–water partition coefficient (Wildman–Crippen LogP) is 2.22. The first-order chi connectivity index (χ1) is 10.2. The third-order valence-corrected chi connectivity index (χ3v) is 3.67. The molecule has 120 valence electrons. The molecule has 0 saturated carbocycles. The van der Waals surface area contributed by atoms with Crippen LogP contribution in [0.15, 0.2) is 18.2 Å². The number of carbonyl (C=O) groups excluding carboxylic acids is 2. The molecule has 0 spiro atoms. The zero-order chi connectivity index (χ0) is 16.5. The van der Waals surface area contributed by atoms with E-state index < -0.39 is 6.03 Å². The number of benzene rings is 1. The van der Waals surface area contributed by atoms with E-state index in [4.69, 9.17) is 0 Å². The molecule has 0 bridgehead atoms. The normalized spacial score (nSPS) is 18.5. The molecule has 1 aliphatic rings. The smallest absolute Gasteiger partial charge is 0.319 e. The Morgan fingerprint density at radius 2 is 2.05 bits per heavy atom. The van der Waals surface area contributed by atoms with Crippen LogP contribution in [-0.2, 0) is 4.79 Å². The molecular weight excluding hydrogens is 282 g/mol. The zero-order valence-corrected chi connectivity index (χ0v) is 13.4. The Bertz CT molecular complexity index is 593. The maximum absolute atomic E-state index is 12.0. The van der Waals surface area contributed by atoms with Crippen LogP contribution < -0.4 is 10.6 Å². The summed E-state index contributed by atoms with van der Waals surface area (Å²) in [6.07, 6.45) is 0.296. The number of hydrogen-bond donors (Lipinski definition) is 3. The van der Waals surface area contributed by atoms with Crippen molar-refractivity contribution in [2.45, 2.75) is 45.7 Å². The van der Waals surface area contributed by atoms with Gasteiger partial charge in [-0.25, -0.2) is 4.79 Å². The standard InChI is InChI=1S/C16H23N3O3/c1-10-5-6-13(20)12(7-10)18-15(22)17-11-8-14(21)19(9-11)16(2,3)4/h5-7,11,20H,8-9H2,1-4H3,(H2,17,18,22). The Morgan fingerprint density at radius 1 is 1.36 bits per heavy atom. The number of phenolic OH excluding ortho intramolecular Hbond substituents is 1. The highest BCUT2D eigenvalue weighted by Gasteiger charge is 2.36. The molecule has 1 aromatic rings. The summed E-state index contributed by atoms with van der Waals surface area (Å²) >= 11 is 0. The first-order valence-corrected chi connectivity index (χ1v) is 7.34. The molecule has 1 aliphatic heterocycles. The molecule has 1 heterocycles. The maximum atomic E-state index is 12.0. The molecular formula is C16H23N3O3. The monoisotopic (exact) mass is 305 g/mol. The lowest BCUT2D eigenvalue weighted by molar-refractivity contribution is -0.131. The van der Waals surface area contributed by atoms with Crippen molar-refractivity contribution in [3.63, 3.8) is 0 Å². The van der Waals surface area contributed by atoms with E-state index in [2.05, 4.69) is 10.6 Å². The van der Waals surface area contributed by atoms with Crippen LogP contribution in [-0.4, -0.2) is 40.1 Å². The summed E-state index contributed by atoms with van der Waals surface area (Å²) in [6, 6.07) is 4.34. The third-order valence-electron chi connectivity index (χ3n) is 3.67. The van der Waals surface area contributed by atoms with E-state index in [9.17, 15) is 14.7 Å². The van der Waals surface area contributed by atoms with Crippen LogP contribution in [0.2, 0.25) is 0 Å². The van der Waals surface area contributed by atoms with E-state index in [1.54, 1.807) is 17.0 Å². The average Bonchev–Trinajstić information content (AvgIpc) is 2.74. The highest BCUT2D eigenvalue weighted by molar-refractivity contribution is 5.92. The van der Waals surface area contributed by atoms with Gasteiger partial charge in [-0.1, -0.05) is 6.07 Å². The lowest BCUT2D eigenvalue weighted by Gasteiger charge is -2.32. The van der Waals surface area contributed by atoms with Crippen LogP contribution in [0.5, 0.6) is 5.75 Å². The molecule has 1 saturated heterocycles. The van der Waals surface area contributed by atoms with Gasteiger partial charge in [-0.3, -0.25) is 4.79 Å². The molecule has 3 amide bonds. The van der Waals surface area contributed by atoms with Gasteiger partial charge in [0.15, 0.2) is 0 Å². The minimum atomic E-state index is -0.422. The molecule has 1 atom stereocenters. The van der Waals surface area contributed by atoms with Gasteiger partial charge in [-0.15, -0.1) is 0 Å². The summed E-state index contributed by atoms with van der Waals surface area (Å²) in [7, 11) is 0. The van der Waals surface area contributed by atoms with Crippen LogP contribution in [0.3, 0.4) is 0 Å². The number of nitrogens with one attached hydrogen (secondary N) is 2. The second kappa shape index (κ2) is 5.87. The number of hydrogen-bond acceptors (Lipinski definition) is 3. The number of phenols is 1. The first kappa shape index (κ1) is 16.1. The predicted molar refractivity (Wildman–Crippen MR) is 84.9 cm³/mol. The third kappa shape index (κ3) is 3.69. The number of rotatable bonds is 2. The fraction of sp³-hybridized carbons (Fsp3) is 0.500. The van der Waals surface area contributed by atoms with E-state index in [0.717, 1.165) is 5.56 Å². The van der Waals surface area contributed by atoms with Gasteiger partial charge in [0.1, 0.15) is 5.75 Å². The summed E-state index contributed by atoms with van der Waals surface area (Å²) in [5, 5.41) is 15.1. The summed E-state index contributed by atoms with van der Waals surface area (Å²) in [5.41, 5.74) is 1.04. The second-order valence-electron chi connectivity index (χ2n) is 6.70. The number of aryl methyl sites for hydroxylation is 1. The average molecular weight is 305 g/mol. The minimum absolute atomic E-state index is 0.0135. The zero-order valence-electron chi connectivity index (χ0n) is 13.4. The Kier molecular flexibility index (Phi) is 4.30. The van der Waals surface area contributed by atoms with Gasteiger partial charge < -0.3 is 20.6 Å². The van der Waals surface area contributed by atoms with Crippen molar-refractivity contribution in [1.82, 2.24) is 10.2 Å². The Hall–Kier alpha value is -2.24. The fourth-order valence-electron chi connectivity index (χ4n) is 2.55. The maximum Gasteiger partial charge on any atom is 0.319 e. The van der Waals surface area contributed by atoms with Gasteiger partial charge in [0.2, 0.25) is 5.91 Å². The molecule has 1 unspecified atom stereocenters. The first-order valence-electron chi connectivity index (χ1n) is 7.34. The van der Waals surface area contributed by atoms with Gasteiger partial charge >= 0.3 is 6.03 Å². The Labute approximate surface area is 130 Å². The Balaban J connectivity index is 1.96. The number of aromatic hydroxyl groups is 1. The van der Waals surface area contributed by atoms with E-state index in [-0.39, 0.29) is 23.2 Å². The molecule has 2 rings (SSSR count). The van der Waals surface area contributed by atoms with Gasteiger partial charge in [0.05, 0.1) is 11.7 Å². The van der Waals surface area contributed by atoms with Crippen molar-refractivity contribution in [3.8, 4) is 5.75 Å². The Morgan fingerprint density at radius 3 is 2.64 bits per heavy atom. The summed E-state index contributed by atoms with van der Waals surface area (Å²) in [4.78, 5) is 25.8. The van der Waals surface area contributed by atoms with E-state index in [1.807, 2.05) is 27.7 Å². The molecule has 1 aromatic carbocycles. The van der Waals surface area contributed by atoms with Crippen LogP contribution >= 0.6 is 0 Å². The SMILES string of the molecule is Cc1ccc(O)c(NC(=O)NC2CC(=O)N(C(C)(C)C)C2)c1. The summed E-state index contributed by atoms with van der Waals surface area (Å²) in [6.45, 7) is 8.28. The van der Waals surface area contributed by atoms with Crippen molar-refractivity contribution >= 4 is 17.6 Å². The van der Waals surface area contributed by atoms with E-state index in [1.165, 1.54) is 6.07 Å². The number of anilines is 1. The van der Waals surface area contributed by atoms with Gasteiger partial charge in [0, 0.05) is 18.5 Å². The highest BCUT2D eigenvalue weighted by atomic mass is 16.3. The number of urea groups is 1. The van der Waals surface area contributed by atoms with Crippen LogP contribution in [0.25, 0.3) is 0 Å². The van der Waals surface area contributed by atoms with Crippen LogP contribution in [0, 0.1) is 6.92 Å². The molecule has 6 nitrogen and oxygen atoms in total.